The van der Waals surface area contributed by atoms with Gasteiger partial charge in [-0.2, -0.15) is 0 Å². The normalized spacial score (nSPS) is 17.4. The summed E-state index contributed by atoms with van der Waals surface area (Å²) in [5, 5.41) is 0. The van der Waals surface area contributed by atoms with E-state index in [0.717, 1.165) is 12.8 Å². The number of halogens is 2. The van der Waals surface area contributed by atoms with Gasteiger partial charge in [0, 0.05) is 24.5 Å². The second-order valence-corrected chi connectivity index (χ2v) is 8.39. The molecule has 0 aromatic heterocycles. The molecule has 1 aromatic carbocycles. The molecule has 1 heterocycles. The Morgan fingerprint density at radius 2 is 2.11 bits per heavy atom. The van der Waals surface area contributed by atoms with Crippen molar-refractivity contribution in [1.29, 1.82) is 0 Å². The molecule has 0 radical (unpaired) electrons. The van der Waals surface area contributed by atoms with Gasteiger partial charge in [0.05, 0.1) is 11.7 Å². The highest BCUT2D eigenvalue weighted by Gasteiger charge is 2.30. The highest BCUT2D eigenvalue weighted by atomic mass is 79.9. The molecule has 1 atom stereocenters. The second kappa shape index (κ2) is 8.87. The summed E-state index contributed by atoms with van der Waals surface area (Å²) in [5.74, 6) is -0.600. The maximum Gasteiger partial charge on any atom is 0.410 e. The number of carbonyl (C=O) groups is 2. The van der Waals surface area contributed by atoms with Gasteiger partial charge in [-0.3, -0.25) is 4.79 Å². The van der Waals surface area contributed by atoms with Crippen LogP contribution in [0.25, 0.3) is 0 Å². The molecule has 1 aliphatic rings. The first-order valence-electron chi connectivity index (χ1n) is 8.98. The Morgan fingerprint density at radius 1 is 1.41 bits per heavy atom. The van der Waals surface area contributed by atoms with Crippen molar-refractivity contribution < 1.29 is 18.7 Å². The van der Waals surface area contributed by atoms with Crippen molar-refractivity contribution in [3.63, 3.8) is 0 Å². The van der Waals surface area contributed by atoms with Crippen molar-refractivity contribution in [2.45, 2.75) is 52.2 Å². The van der Waals surface area contributed by atoms with E-state index in [9.17, 15) is 14.0 Å². The summed E-state index contributed by atoms with van der Waals surface area (Å²) in [6.45, 7) is 7.90. The summed E-state index contributed by atoms with van der Waals surface area (Å²) in [4.78, 5) is 27.6. The van der Waals surface area contributed by atoms with E-state index in [0.29, 0.717) is 16.7 Å². The zero-order chi connectivity index (χ0) is 20.2. The molecule has 1 fully saturated rings. The quantitative estimate of drug-likeness (QED) is 0.625. The lowest BCUT2D eigenvalue weighted by atomic mass is 10.2. The lowest BCUT2D eigenvalue weighted by Crippen LogP contribution is -2.39. The molecule has 0 aliphatic carbocycles. The topological polar surface area (TPSA) is 49.9 Å². The van der Waals surface area contributed by atoms with Crippen molar-refractivity contribution >= 4 is 33.6 Å². The first-order valence-corrected chi connectivity index (χ1v) is 9.77. The number of rotatable bonds is 4. The monoisotopic (exact) mass is 440 g/mol. The van der Waals surface area contributed by atoms with Crippen molar-refractivity contribution in [3.05, 3.63) is 40.6 Å². The zero-order valence-electron chi connectivity index (χ0n) is 16.2. The van der Waals surface area contributed by atoms with Crippen LogP contribution in [0.4, 0.5) is 14.9 Å². The van der Waals surface area contributed by atoms with Crippen LogP contribution in [0.3, 0.4) is 0 Å². The first kappa shape index (κ1) is 21.4. The maximum atomic E-state index is 13.6. The Balaban J connectivity index is 2.08. The number of benzene rings is 1. The molecule has 1 unspecified atom stereocenters. The van der Waals surface area contributed by atoms with Crippen molar-refractivity contribution in [2.75, 3.05) is 18.0 Å². The first-order chi connectivity index (χ1) is 12.6. The fourth-order valence-corrected chi connectivity index (χ4v) is 3.41. The van der Waals surface area contributed by atoms with Gasteiger partial charge in [-0.25, -0.2) is 9.18 Å². The molecule has 7 heteroatoms. The number of anilines is 1. The fourth-order valence-electron chi connectivity index (χ4n) is 2.95. The highest BCUT2D eigenvalue weighted by Crippen LogP contribution is 2.27. The Hall–Kier alpha value is -1.89. The van der Waals surface area contributed by atoms with E-state index >= 15 is 0 Å². The van der Waals surface area contributed by atoms with Gasteiger partial charge >= 0.3 is 6.09 Å². The van der Waals surface area contributed by atoms with Crippen LogP contribution in [0, 0.1) is 5.82 Å². The van der Waals surface area contributed by atoms with Gasteiger partial charge in [0.25, 0.3) is 0 Å². The summed E-state index contributed by atoms with van der Waals surface area (Å²) in [6.07, 6.45) is 5.18. The van der Waals surface area contributed by atoms with Gasteiger partial charge in [0.2, 0.25) is 5.91 Å². The summed E-state index contributed by atoms with van der Waals surface area (Å²) in [7, 11) is 0. The Bertz CT molecular complexity index is 730. The molecule has 5 nitrogen and oxygen atoms in total. The zero-order valence-corrected chi connectivity index (χ0v) is 17.8. The van der Waals surface area contributed by atoms with Crippen LogP contribution < -0.4 is 4.90 Å². The van der Waals surface area contributed by atoms with Gasteiger partial charge in [0.1, 0.15) is 11.4 Å². The van der Waals surface area contributed by atoms with E-state index in [1.54, 1.807) is 11.0 Å². The van der Waals surface area contributed by atoms with Gasteiger partial charge in [-0.15, -0.1) is 0 Å². The second-order valence-electron chi connectivity index (χ2n) is 7.54. The average Bonchev–Trinajstić information content (AvgIpc) is 3.01. The third-order valence-electron chi connectivity index (χ3n) is 4.15. The van der Waals surface area contributed by atoms with E-state index < -0.39 is 11.4 Å². The Kier molecular flexibility index (Phi) is 7.03. The predicted molar refractivity (Wildman–Crippen MR) is 107 cm³/mol. The third kappa shape index (κ3) is 6.06. The van der Waals surface area contributed by atoms with E-state index in [1.807, 2.05) is 32.9 Å². The van der Waals surface area contributed by atoms with E-state index in [1.165, 1.54) is 24.0 Å². The lowest BCUT2D eigenvalue weighted by Gasteiger charge is -2.27. The number of amides is 2. The minimum Gasteiger partial charge on any atom is -0.444 e. The Labute approximate surface area is 168 Å². The molecule has 148 valence electrons. The summed E-state index contributed by atoms with van der Waals surface area (Å²) in [5.41, 5.74) is -0.0641. The van der Waals surface area contributed by atoms with Crippen molar-refractivity contribution in [3.8, 4) is 0 Å². The Morgan fingerprint density at radius 3 is 2.74 bits per heavy atom. The molecule has 1 aliphatic heterocycles. The number of likely N-dealkylation sites (tertiary alicyclic amines) is 1. The number of hydrogen-bond acceptors (Lipinski definition) is 3. The number of nitrogens with zero attached hydrogens (tertiary/aromatic N) is 2. The number of ether oxygens (including phenoxy) is 1. The fraction of sp³-hybridized carbons (Fsp3) is 0.500. The maximum absolute atomic E-state index is 13.6. The van der Waals surface area contributed by atoms with Crippen LogP contribution in [0.5, 0.6) is 0 Å². The molecule has 2 rings (SSSR count). The van der Waals surface area contributed by atoms with Gasteiger partial charge in [-0.1, -0.05) is 12.2 Å². The minimum atomic E-state index is -0.539. The van der Waals surface area contributed by atoms with Crippen molar-refractivity contribution in [1.82, 2.24) is 4.90 Å². The highest BCUT2D eigenvalue weighted by molar-refractivity contribution is 9.10. The number of hydrogen-bond donors (Lipinski definition) is 0. The molecule has 27 heavy (non-hydrogen) atoms. The van der Waals surface area contributed by atoms with Gasteiger partial charge in [-0.05, 0) is 67.7 Å². The summed E-state index contributed by atoms with van der Waals surface area (Å²) >= 11 is 3.36. The van der Waals surface area contributed by atoms with Crippen LogP contribution in [0.15, 0.2) is 34.8 Å². The third-order valence-corrected chi connectivity index (χ3v) is 4.82. The van der Waals surface area contributed by atoms with Crippen LogP contribution in [0.2, 0.25) is 0 Å². The molecule has 2 amide bonds. The molecule has 1 aromatic rings. The largest absolute Gasteiger partial charge is 0.444 e. The van der Waals surface area contributed by atoms with Crippen LogP contribution in [-0.4, -0.2) is 41.6 Å². The molecular weight excluding hydrogens is 415 g/mol. The molecule has 0 bridgehead atoms. The van der Waals surface area contributed by atoms with Crippen LogP contribution in [0.1, 0.15) is 40.5 Å². The lowest BCUT2D eigenvalue weighted by molar-refractivity contribution is -0.116. The molecule has 0 N–H and O–H groups in total. The SMILES string of the molecule is CC(=O)N(C/C=C/C1CCCN1C(=O)OC(C)(C)C)c1cc(F)ccc1Br. The molecule has 1 saturated heterocycles. The number of carbonyl (C=O) groups excluding carboxylic acids is 2. The molecule has 0 spiro atoms. The van der Waals surface area contributed by atoms with Crippen LogP contribution >= 0.6 is 15.9 Å². The van der Waals surface area contributed by atoms with Gasteiger partial charge in [0.15, 0.2) is 0 Å². The summed E-state index contributed by atoms with van der Waals surface area (Å²) in [6, 6.07) is 4.16. The summed E-state index contributed by atoms with van der Waals surface area (Å²) < 4.78 is 19.7. The smallest absolute Gasteiger partial charge is 0.410 e. The van der Waals surface area contributed by atoms with Crippen molar-refractivity contribution in [2.24, 2.45) is 0 Å². The van der Waals surface area contributed by atoms with E-state index in [2.05, 4.69) is 15.9 Å². The standard InChI is InChI=1S/C20H26BrFN2O3/c1-14(25)23(18-13-15(22)9-10-17(18)21)11-5-7-16-8-6-12-24(16)19(26)27-20(2,3)4/h5,7,9-10,13,16H,6,8,11-12H2,1-4H3/b7-5+. The average molecular weight is 441 g/mol. The predicted octanol–water partition coefficient (Wildman–Crippen LogP) is 4.90. The molecular formula is C20H26BrFN2O3. The van der Waals surface area contributed by atoms with Gasteiger partial charge < -0.3 is 14.5 Å². The molecule has 0 saturated carbocycles. The van der Waals surface area contributed by atoms with E-state index in [-0.39, 0.29) is 24.6 Å². The van der Waals surface area contributed by atoms with E-state index in [4.69, 9.17) is 4.74 Å². The van der Waals surface area contributed by atoms with Crippen LogP contribution in [-0.2, 0) is 9.53 Å². The minimum absolute atomic E-state index is 0.0652.